The first-order valence-corrected chi connectivity index (χ1v) is 7.61. The lowest BCUT2D eigenvalue weighted by molar-refractivity contribution is 0.101. The number of rotatable bonds is 9. The van der Waals surface area contributed by atoms with E-state index >= 15 is 0 Å². The lowest BCUT2D eigenvalue weighted by atomic mass is 10.2. The quantitative estimate of drug-likeness (QED) is 0.705. The highest BCUT2D eigenvalue weighted by atomic mass is 79.9. The molecule has 1 N–H and O–H groups in total. The van der Waals surface area contributed by atoms with Gasteiger partial charge >= 0.3 is 0 Å². The van der Waals surface area contributed by atoms with E-state index in [1.165, 1.54) is 5.56 Å². The molecule has 0 radical (unpaired) electrons. The Bertz CT molecular complexity index is 360. The fourth-order valence-electron chi connectivity index (χ4n) is 2.03. The molecule has 0 heterocycles. The van der Waals surface area contributed by atoms with Gasteiger partial charge in [-0.1, -0.05) is 35.0 Å². The number of nitrogens with one attached hydrogen (secondary N) is 1. The molecule has 1 atom stereocenters. The standard InChI is InChI=1S/C15H25BrN2O/c1-4-8-17-10-15(12-19-3)18(2)11-13-6-5-7-14(16)9-13/h5-7,9,15,17H,4,8,10-12H2,1-3H3. The van der Waals surface area contributed by atoms with Crippen LogP contribution in [0, 0.1) is 0 Å². The van der Waals surface area contributed by atoms with Crippen LogP contribution in [0.2, 0.25) is 0 Å². The minimum absolute atomic E-state index is 0.399. The summed E-state index contributed by atoms with van der Waals surface area (Å²) >= 11 is 3.52. The molecule has 108 valence electrons. The molecule has 0 aromatic heterocycles. The van der Waals surface area contributed by atoms with E-state index in [1.807, 2.05) is 0 Å². The largest absolute Gasteiger partial charge is 0.383 e. The van der Waals surface area contributed by atoms with E-state index < -0.39 is 0 Å². The summed E-state index contributed by atoms with van der Waals surface area (Å²) in [6.07, 6.45) is 1.16. The van der Waals surface area contributed by atoms with E-state index in [-0.39, 0.29) is 0 Å². The predicted molar refractivity (Wildman–Crippen MR) is 84.4 cm³/mol. The van der Waals surface area contributed by atoms with Gasteiger partial charge < -0.3 is 10.1 Å². The van der Waals surface area contributed by atoms with Crippen molar-refractivity contribution in [3.63, 3.8) is 0 Å². The van der Waals surface area contributed by atoms with Gasteiger partial charge in [0.1, 0.15) is 0 Å². The van der Waals surface area contributed by atoms with Crippen LogP contribution < -0.4 is 5.32 Å². The third-order valence-electron chi connectivity index (χ3n) is 3.11. The van der Waals surface area contributed by atoms with Gasteiger partial charge in [0, 0.05) is 30.7 Å². The minimum atomic E-state index is 0.399. The summed E-state index contributed by atoms with van der Waals surface area (Å²) in [6.45, 7) is 5.89. The number of benzene rings is 1. The van der Waals surface area contributed by atoms with Gasteiger partial charge in [-0.05, 0) is 37.7 Å². The molecule has 19 heavy (non-hydrogen) atoms. The molecule has 1 aromatic rings. The Morgan fingerprint density at radius 3 is 2.84 bits per heavy atom. The molecule has 0 amide bonds. The van der Waals surface area contributed by atoms with Crippen molar-refractivity contribution in [3.05, 3.63) is 34.3 Å². The molecule has 1 unspecified atom stereocenters. The molecule has 0 aliphatic heterocycles. The summed E-state index contributed by atoms with van der Waals surface area (Å²) in [5.74, 6) is 0. The topological polar surface area (TPSA) is 24.5 Å². The minimum Gasteiger partial charge on any atom is -0.383 e. The van der Waals surface area contributed by atoms with Gasteiger partial charge in [-0.2, -0.15) is 0 Å². The molecule has 0 fully saturated rings. The number of hydrogen-bond donors (Lipinski definition) is 1. The Hall–Kier alpha value is -0.420. The monoisotopic (exact) mass is 328 g/mol. The fraction of sp³-hybridized carbons (Fsp3) is 0.600. The number of likely N-dealkylation sites (N-methyl/N-ethyl adjacent to an activating group) is 1. The summed E-state index contributed by atoms with van der Waals surface area (Å²) in [7, 11) is 3.91. The summed E-state index contributed by atoms with van der Waals surface area (Å²) < 4.78 is 6.46. The molecule has 1 aromatic carbocycles. The maximum Gasteiger partial charge on any atom is 0.0630 e. The highest BCUT2D eigenvalue weighted by Gasteiger charge is 2.14. The van der Waals surface area contributed by atoms with Crippen molar-refractivity contribution in [1.29, 1.82) is 0 Å². The number of ether oxygens (including phenoxy) is 1. The van der Waals surface area contributed by atoms with Crippen molar-refractivity contribution in [2.75, 3.05) is 33.9 Å². The molecule has 0 saturated heterocycles. The Labute approximate surface area is 125 Å². The summed E-state index contributed by atoms with van der Waals surface area (Å²) in [6, 6.07) is 8.85. The average Bonchev–Trinajstić information content (AvgIpc) is 2.38. The molecular weight excluding hydrogens is 304 g/mol. The first kappa shape index (κ1) is 16.6. The van der Waals surface area contributed by atoms with Gasteiger partial charge in [0.2, 0.25) is 0 Å². The highest BCUT2D eigenvalue weighted by Crippen LogP contribution is 2.14. The van der Waals surface area contributed by atoms with Crippen LogP contribution in [0.15, 0.2) is 28.7 Å². The SMILES string of the molecule is CCCNCC(COC)N(C)Cc1cccc(Br)c1. The van der Waals surface area contributed by atoms with E-state index in [0.717, 1.165) is 37.1 Å². The second-order valence-electron chi connectivity index (χ2n) is 4.86. The number of nitrogens with zero attached hydrogens (tertiary/aromatic N) is 1. The molecule has 1 rings (SSSR count). The molecular formula is C15H25BrN2O. The van der Waals surface area contributed by atoms with Gasteiger partial charge in [0.15, 0.2) is 0 Å². The second-order valence-corrected chi connectivity index (χ2v) is 5.77. The number of hydrogen-bond acceptors (Lipinski definition) is 3. The predicted octanol–water partition coefficient (Wildman–Crippen LogP) is 2.90. The number of halogens is 1. The summed E-state index contributed by atoms with van der Waals surface area (Å²) in [4.78, 5) is 2.34. The van der Waals surface area contributed by atoms with Crippen LogP contribution in [-0.2, 0) is 11.3 Å². The van der Waals surface area contributed by atoms with Crippen molar-refractivity contribution in [1.82, 2.24) is 10.2 Å². The van der Waals surface area contributed by atoms with Crippen LogP contribution in [0.3, 0.4) is 0 Å². The van der Waals surface area contributed by atoms with Crippen LogP contribution in [0.1, 0.15) is 18.9 Å². The lowest BCUT2D eigenvalue weighted by Crippen LogP contribution is -2.42. The normalized spacial score (nSPS) is 12.9. The average molecular weight is 329 g/mol. The number of methoxy groups -OCH3 is 1. The first-order chi connectivity index (χ1) is 9.17. The van der Waals surface area contributed by atoms with Crippen LogP contribution in [-0.4, -0.2) is 44.8 Å². The zero-order valence-electron chi connectivity index (χ0n) is 12.2. The molecule has 3 nitrogen and oxygen atoms in total. The smallest absolute Gasteiger partial charge is 0.0630 e. The second kappa shape index (κ2) is 9.48. The van der Waals surface area contributed by atoms with Crippen LogP contribution >= 0.6 is 15.9 Å². The van der Waals surface area contributed by atoms with Gasteiger partial charge in [-0.25, -0.2) is 0 Å². The van der Waals surface area contributed by atoms with E-state index in [9.17, 15) is 0 Å². The Kier molecular flexibility index (Phi) is 8.30. The van der Waals surface area contributed by atoms with E-state index in [4.69, 9.17) is 4.74 Å². The van der Waals surface area contributed by atoms with Gasteiger partial charge in [-0.3, -0.25) is 4.90 Å². The van der Waals surface area contributed by atoms with Crippen LogP contribution in [0.4, 0.5) is 0 Å². The van der Waals surface area contributed by atoms with Gasteiger partial charge in [0.05, 0.1) is 6.61 Å². The van der Waals surface area contributed by atoms with Gasteiger partial charge in [0.25, 0.3) is 0 Å². The molecule has 0 spiro atoms. The first-order valence-electron chi connectivity index (χ1n) is 6.81. The van der Waals surface area contributed by atoms with Gasteiger partial charge in [-0.15, -0.1) is 0 Å². The van der Waals surface area contributed by atoms with Crippen molar-refractivity contribution in [2.45, 2.75) is 25.9 Å². The van der Waals surface area contributed by atoms with Crippen molar-refractivity contribution < 1.29 is 4.74 Å². The Morgan fingerprint density at radius 2 is 2.21 bits per heavy atom. The summed E-state index contributed by atoms with van der Waals surface area (Å²) in [5.41, 5.74) is 1.31. The molecule has 4 heteroatoms. The van der Waals surface area contributed by atoms with Crippen molar-refractivity contribution in [2.24, 2.45) is 0 Å². The van der Waals surface area contributed by atoms with E-state index in [1.54, 1.807) is 7.11 Å². The summed E-state index contributed by atoms with van der Waals surface area (Å²) in [5, 5.41) is 3.47. The van der Waals surface area contributed by atoms with Crippen LogP contribution in [0.5, 0.6) is 0 Å². The maximum absolute atomic E-state index is 5.33. The van der Waals surface area contributed by atoms with E-state index in [2.05, 4.69) is 64.4 Å². The van der Waals surface area contributed by atoms with Crippen molar-refractivity contribution in [3.8, 4) is 0 Å². The maximum atomic E-state index is 5.33. The molecule has 0 aliphatic carbocycles. The Balaban J connectivity index is 2.52. The lowest BCUT2D eigenvalue weighted by Gasteiger charge is -2.28. The third kappa shape index (κ3) is 6.52. The van der Waals surface area contributed by atoms with E-state index in [0.29, 0.717) is 6.04 Å². The molecule has 0 bridgehead atoms. The molecule has 0 aliphatic rings. The highest BCUT2D eigenvalue weighted by molar-refractivity contribution is 9.10. The van der Waals surface area contributed by atoms with Crippen molar-refractivity contribution >= 4 is 15.9 Å². The Morgan fingerprint density at radius 1 is 1.42 bits per heavy atom. The third-order valence-corrected chi connectivity index (χ3v) is 3.60. The fourth-order valence-corrected chi connectivity index (χ4v) is 2.48. The van der Waals surface area contributed by atoms with Crippen LogP contribution in [0.25, 0.3) is 0 Å². The molecule has 0 saturated carbocycles. The zero-order valence-corrected chi connectivity index (χ0v) is 13.7. The zero-order chi connectivity index (χ0) is 14.1.